The van der Waals surface area contributed by atoms with Gasteiger partial charge in [-0.05, 0) is 42.7 Å². The monoisotopic (exact) mass is 479 g/mol. The van der Waals surface area contributed by atoms with E-state index in [0.29, 0.717) is 26.1 Å². The molecular formula is C29H29N5O2. The Labute approximate surface area is 210 Å². The summed E-state index contributed by atoms with van der Waals surface area (Å²) < 4.78 is 2.30. The summed E-state index contributed by atoms with van der Waals surface area (Å²) in [6.45, 7) is 2.11. The van der Waals surface area contributed by atoms with Crippen LogP contribution in [0.25, 0.3) is 22.6 Å². The van der Waals surface area contributed by atoms with Gasteiger partial charge < -0.3 is 14.4 Å². The molecule has 2 amide bonds. The van der Waals surface area contributed by atoms with Gasteiger partial charge in [0.2, 0.25) is 11.8 Å². The molecule has 6 rings (SSSR count). The molecule has 0 N–H and O–H groups in total. The van der Waals surface area contributed by atoms with Gasteiger partial charge in [-0.1, -0.05) is 48.5 Å². The van der Waals surface area contributed by atoms with E-state index >= 15 is 0 Å². The minimum Gasteiger partial charge on any atom is -0.341 e. The fraction of sp³-hybridized carbons (Fsp3) is 0.310. The maximum Gasteiger partial charge on any atom is 0.242 e. The number of hydrogen-bond donors (Lipinski definition) is 0. The summed E-state index contributed by atoms with van der Waals surface area (Å²) >= 11 is 0. The summed E-state index contributed by atoms with van der Waals surface area (Å²) in [5.74, 6) is 1.14. The number of fused-ring (bicyclic) bond motifs is 1. The Hall–Kier alpha value is -4.00. The standard InChI is InChI=1S/C29H29N5O2/c35-27-18-22(21-8-2-1-3-9-21)19-33(27)20-28(36)32-16-13-23(14-17-32)34-26-12-5-4-10-24(26)31-29(34)25-11-6-7-15-30-25/h1-12,15,22-23H,13-14,16-20H2/t22-/m1/s1. The number of pyridine rings is 1. The van der Waals surface area contributed by atoms with Crippen molar-refractivity contribution in [3.05, 3.63) is 84.6 Å². The Morgan fingerprint density at radius 2 is 1.67 bits per heavy atom. The lowest BCUT2D eigenvalue weighted by molar-refractivity contribution is -0.139. The molecule has 2 aliphatic rings. The number of benzene rings is 2. The molecule has 2 saturated heterocycles. The summed E-state index contributed by atoms with van der Waals surface area (Å²) in [4.78, 5) is 38.9. The topological polar surface area (TPSA) is 71.3 Å². The van der Waals surface area contributed by atoms with Crippen molar-refractivity contribution in [3.8, 4) is 11.5 Å². The number of carbonyl (C=O) groups is 2. The van der Waals surface area contributed by atoms with E-state index in [4.69, 9.17) is 4.98 Å². The third-order valence-electron chi connectivity index (χ3n) is 7.48. The molecule has 1 atom stereocenters. The van der Waals surface area contributed by atoms with Crippen LogP contribution in [-0.4, -0.2) is 62.3 Å². The van der Waals surface area contributed by atoms with Crippen molar-refractivity contribution in [2.75, 3.05) is 26.2 Å². The lowest BCUT2D eigenvalue weighted by Gasteiger charge is -2.34. The summed E-state index contributed by atoms with van der Waals surface area (Å²) in [5.41, 5.74) is 4.07. The molecule has 7 nitrogen and oxygen atoms in total. The molecule has 2 aliphatic heterocycles. The quantitative estimate of drug-likeness (QED) is 0.428. The second-order valence-corrected chi connectivity index (χ2v) is 9.71. The first kappa shape index (κ1) is 22.5. The second kappa shape index (κ2) is 9.57. The molecule has 0 bridgehead atoms. The maximum absolute atomic E-state index is 13.1. The molecule has 182 valence electrons. The van der Waals surface area contributed by atoms with E-state index in [1.807, 2.05) is 59.5 Å². The van der Waals surface area contributed by atoms with Crippen LogP contribution in [0.2, 0.25) is 0 Å². The van der Waals surface area contributed by atoms with Crippen LogP contribution in [0.3, 0.4) is 0 Å². The Balaban J connectivity index is 1.14. The van der Waals surface area contributed by atoms with Crippen molar-refractivity contribution in [2.45, 2.75) is 31.2 Å². The van der Waals surface area contributed by atoms with Crippen LogP contribution >= 0.6 is 0 Å². The number of aromatic nitrogens is 3. The van der Waals surface area contributed by atoms with E-state index in [-0.39, 0.29) is 30.3 Å². The molecule has 0 aliphatic carbocycles. The Kier molecular flexibility index (Phi) is 5.97. The number of piperidine rings is 1. The summed E-state index contributed by atoms with van der Waals surface area (Å²) in [6, 6.07) is 24.4. The molecule has 2 aromatic carbocycles. The minimum absolute atomic E-state index is 0.0379. The largest absolute Gasteiger partial charge is 0.341 e. The summed E-state index contributed by atoms with van der Waals surface area (Å²) in [6.07, 6.45) is 3.95. The van der Waals surface area contributed by atoms with Crippen LogP contribution in [0.4, 0.5) is 0 Å². The molecule has 0 spiro atoms. The van der Waals surface area contributed by atoms with E-state index in [2.05, 4.69) is 27.8 Å². The number of imidazole rings is 1. The third kappa shape index (κ3) is 4.26. The summed E-state index contributed by atoms with van der Waals surface area (Å²) in [5, 5.41) is 0. The van der Waals surface area contributed by atoms with E-state index in [1.54, 1.807) is 11.1 Å². The molecule has 2 fully saturated rings. The highest BCUT2D eigenvalue weighted by Crippen LogP contribution is 2.33. The smallest absolute Gasteiger partial charge is 0.242 e. The van der Waals surface area contributed by atoms with Gasteiger partial charge in [-0.2, -0.15) is 0 Å². The van der Waals surface area contributed by atoms with E-state index < -0.39 is 0 Å². The van der Waals surface area contributed by atoms with E-state index in [0.717, 1.165) is 41.0 Å². The van der Waals surface area contributed by atoms with Crippen molar-refractivity contribution in [2.24, 2.45) is 0 Å². The van der Waals surface area contributed by atoms with Crippen LogP contribution in [-0.2, 0) is 9.59 Å². The Bertz CT molecular complexity index is 1380. The van der Waals surface area contributed by atoms with Gasteiger partial charge in [0.25, 0.3) is 0 Å². The van der Waals surface area contributed by atoms with Gasteiger partial charge in [-0.15, -0.1) is 0 Å². The average molecular weight is 480 g/mol. The van der Waals surface area contributed by atoms with E-state index in [9.17, 15) is 9.59 Å². The molecule has 2 aromatic heterocycles. The molecule has 4 aromatic rings. The van der Waals surface area contributed by atoms with Gasteiger partial charge in [0, 0.05) is 44.2 Å². The number of para-hydroxylation sites is 2. The number of carbonyl (C=O) groups excluding carboxylic acids is 2. The molecule has 0 saturated carbocycles. The number of nitrogens with zero attached hydrogens (tertiary/aromatic N) is 5. The zero-order valence-corrected chi connectivity index (χ0v) is 20.2. The number of amides is 2. The van der Waals surface area contributed by atoms with Crippen molar-refractivity contribution in [1.29, 1.82) is 0 Å². The zero-order valence-electron chi connectivity index (χ0n) is 20.2. The lowest BCUT2D eigenvalue weighted by Crippen LogP contribution is -2.44. The first-order valence-corrected chi connectivity index (χ1v) is 12.7. The van der Waals surface area contributed by atoms with Gasteiger partial charge >= 0.3 is 0 Å². The Morgan fingerprint density at radius 1 is 0.917 bits per heavy atom. The lowest BCUT2D eigenvalue weighted by atomic mass is 9.99. The van der Waals surface area contributed by atoms with Gasteiger partial charge in [-0.25, -0.2) is 4.98 Å². The fourth-order valence-corrected chi connectivity index (χ4v) is 5.60. The molecule has 36 heavy (non-hydrogen) atoms. The Morgan fingerprint density at radius 3 is 2.44 bits per heavy atom. The highest BCUT2D eigenvalue weighted by Gasteiger charge is 2.34. The summed E-state index contributed by atoms with van der Waals surface area (Å²) in [7, 11) is 0. The zero-order chi connectivity index (χ0) is 24.5. The van der Waals surface area contributed by atoms with Gasteiger partial charge in [0.15, 0.2) is 5.82 Å². The van der Waals surface area contributed by atoms with Crippen molar-refractivity contribution in [3.63, 3.8) is 0 Å². The van der Waals surface area contributed by atoms with Gasteiger partial charge in [-0.3, -0.25) is 14.6 Å². The third-order valence-corrected chi connectivity index (χ3v) is 7.48. The normalized spacial score (nSPS) is 18.8. The van der Waals surface area contributed by atoms with Gasteiger partial charge in [0.05, 0.1) is 17.6 Å². The number of hydrogen-bond acceptors (Lipinski definition) is 4. The SMILES string of the molecule is O=C(CN1C[C@H](c2ccccc2)CC1=O)N1CCC(n2c(-c3ccccn3)nc3ccccc32)CC1. The molecule has 4 heterocycles. The van der Waals surface area contributed by atoms with Crippen molar-refractivity contribution >= 4 is 22.8 Å². The van der Waals surface area contributed by atoms with Crippen molar-refractivity contribution < 1.29 is 9.59 Å². The molecule has 0 unspecified atom stereocenters. The van der Waals surface area contributed by atoms with Crippen LogP contribution in [0.5, 0.6) is 0 Å². The number of rotatable bonds is 5. The molecular weight excluding hydrogens is 450 g/mol. The predicted molar refractivity (Wildman–Crippen MR) is 138 cm³/mol. The second-order valence-electron chi connectivity index (χ2n) is 9.71. The van der Waals surface area contributed by atoms with Crippen LogP contribution in [0.1, 0.15) is 36.8 Å². The maximum atomic E-state index is 13.1. The first-order valence-electron chi connectivity index (χ1n) is 12.7. The number of likely N-dealkylation sites (tertiary alicyclic amines) is 2. The van der Waals surface area contributed by atoms with Gasteiger partial charge in [0.1, 0.15) is 5.69 Å². The van der Waals surface area contributed by atoms with Crippen LogP contribution in [0, 0.1) is 0 Å². The first-order chi connectivity index (χ1) is 17.7. The van der Waals surface area contributed by atoms with Crippen LogP contribution in [0.15, 0.2) is 79.0 Å². The fourth-order valence-electron chi connectivity index (χ4n) is 5.60. The highest BCUT2D eigenvalue weighted by atomic mass is 16.2. The minimum atomic E-state index is 0.0379. The molecule has 0 radical (unpaired) electrons. The molecule has 7 heteroatoms. The van der Waals surface area contributed by atoms with Crippen molar-refractivity contribution in [1.82, 2.24) is 24.3 Å². The van der Waals surface area contributed by atoms with Crippen LogP contribution < -0.4 is 0 Å². The highest BCUT2D eigenvalue weighted by molar-refractivity contribution is 5.87. The van der Waals surface area contributed by atoms with E-state index in [1.165, 1.54) is 0 Å². The predicted octanol–water partition coefficient (Wildman–Crippen LogP) is 4.28. The average Bonchev–Trinajstić information content (AvgIpc) is 3.50.